The molecule has 1 unspecified atom stereocenters. The van der Waals surface area contributed by atoms with E-state index >= 15 is 0 Å². The van der Waals surface area contributed by atoms with Crippen LogP contribution in [0.1, 0.15) is 47.2 Å². The quantitative estimate of drug-likeness (QED) is 0.637. The standard InChI is InChI=1S/C28H36N2O3/c1-32-26-9-4-8-24(18-26)28(31)30(20-27-10-5-15-33-27)19-21-11-13-29(14-12-21)25-16-22-6-2-3-7-23(22)17-25/h2-4,6-9,18,21,25,27H,5,10-17,19-20H2,1H3. The van der Waals surface area contributed by atoms with E-state index in [0.29, 0.717) is 24.1 Å². The van der Waals surface area contributed by atoms with E-state index in [1.807, 2.05) is 24.3 Å². The molecular formula is C28H36N2O3. The molecule has 2 heterocycles. The Kier molecular flexibility index (Phi) is 6.98. The van der Waals surface area contributed by atoms with Gasteiger partial charge >= 0.3 is 0 Å². The van der Waals surface area contributed by atoms with E-state index < -0.39 is 0 Å². The van der Waals surface area contributed by atoms with Crippen molar-refractivity contribution in [3.63, 3.8) is 0 Å². The monoisotopic (exact) mass is 448 g/mol. The van der Waals surface area contributed by atoms with Crippen LogP contribution in [0.25, 0.3) is 0 Å². The van der Waals surface area contributed by atoms with Gasteiger partial charge in [0, 0.05) is 31.3 Å². The van der Waals surface area contributed by atoms with Crippen LogP contribution < -0.4 is 4.74 Å². The van der Waals surface area contributed by atoms with E-state index in [9.17, 15) is 4.79 Å². The van der Waals surface area contributed by atoms with Gasteiger partial charge < -0.3 is 14.4 Å². The van der Waals surface area contributed by atoms with Crippen LogP contribution in [0.5, 0.6) is 5.75 Å². The van der Waals surface area contributed by atoms with Gasteiger partial charge in [-0.3, -0.25) is 9.69 Å². The van der Waals surface area contributed by atoms with Gasteiger partial charge in [-0.1, -0.05) is 30.3 Å². The van der Waals surface area contributed by atoms with Gasteiger partial charge in [-0.05, 0) is 86.9 Å². The number of likely N-dealkylation sites (tertiary alicyclic amines) is 1. The Bertz CT molecular complexity index is 923. The van der Waals surface area contributed by atoms with E-state index in [2.05, 4.69) is 34.1 Å². The Labute approximate surface area is 197 Å². The van der Waals surface area contributed by atoms with Crippen molar-refractivity contribution in [2.24, 2.45) is 5.92 Å². The van der Waals surface area contributed by atoms with Crippen LogP contribution in [0.2, 0.25) is 0 Å². The van der Waals surface area contributed by atoms with Gasteiger partial charge in [-0.15, -0.1) is 0 Å². The van der Waals surface area contributed by atoms with Crippen molar-refractivity contribution in [1.29, 1.82) is 0 Å². The molecule has 0 N–H and O–H groups in total. The van der Waals surface area contributed by atoms with Crippen LogP contribution in [0.3, 0.4) is 0 Å². The molecule has 2 aliphatic heterocycles. The fourth-order valence-corrected chi connectivity index (χ4v) is 5.82. The molecule has 33 heavy (non-hydrogen) atoms. The van der Waals surface area contributed by atoms with Gasteiger partial charge in [-0.2, -0.15) is 0 Å². The number of piperidine rings is 1. The summed E-state index contributed by atoms with van der Waals surface area (Å²) < 4.78 is 11.2. The fraction of sp³-hybridized carbons (Fsp3) is 0.536. The van der Waals surface area contributed by atoms with Crippen molar-refractivity contribution in [3.05, 3.63) is 65.2 Å². The van der Waals surface area contributed by atoms with Crippen molar-refractivity contribution >= 4 is 5.91 Å². The summed E-state index contributed by atoms with van der Waals surface area (Å²) in [4.78, 5) is 18.2. The topological polar surface area (TPSA) is 42.0 Å². The molecule has 0 bridgehead atoms. The smallest absolute Gasteiger partial charge is 0.254 e. The average Bonchev–Trinajstić information content (AvgIpc) is 3.53. The maximum absolute atomic E-state index is 13.5. The fourth-order valence-electron chi connectivity index (χ4n) is 5.82. The van der Waals surface area contributed by atoms with Gasteiger partial charge in [0.2, 0.25) is 0 Å². The molecule has 2 aromatic rings. The molecule has 2 aromatic carbocycles. The van der Waals surface area contributed by atoms with Gasteiger partial charge in [0.15, 0.2) is 0 Å². The zero-order valence-electron chi connectivity index (χ0n) is 19.7. The van der Waals surface area contributed by atoms with Gasteiger partial charge in [0.1, 0.15) is 5.75 Å². The molecule has 176 valence electrons. The van der Waals surface area contributed by atoms with E-state index in [0.717, 1.165) is 57.7 Å². The first kappa shape index (κ1) is 22.4. The maximum atomic E-state index is 13.5. The second-order valence-corrected chi connectivity index (χ2v) is 9.89. The zero-order chi connectivity index (χ0) is 22.6. The largest absolute Gasteiger partial charge is 0.497 e. The molecule has 3 aliphatic rings. The Hall–Kier alpha value is -2.37. The van der Waals surface area contributed by atoms with E-state index in [4.69, 9.17) is 9.47 Å². The molecule has 0 spiro atoms. The van der Waals surface area contributed by atoms with Gasteiger partial charge in [-0.25, -0.2) is 0 Å². The summed E-state index contributed by atoms with van der Waals surface area (Å²) in [7, 11) is 1.64. The minimum atomic E-state index is 0.0954. The van der Waals surface area contributed by atoms with Gasteiger partial charge in [0.05, 0.1) is 13.2 Å². The number of methoxy groups -OCH3 is 1. The normalized spacial score (nSPS) is 21.8. The van der Waals surface area contributed by atoms with Crippen LogP contribution in [0.15, 0.2) is 48.5 Å². The van der Waals surface area contributed by atoms with Crippen molar-refractivity contribution < 1.29 is 14.3 Å². The van der Waals surface area contributed by atoms with E-state index in [1.54, 1.807) is 7.11 Å². The van der Waals surface area contributed by atoms with Crippen LogP contribution in [0.4, 0.5) is 0 Å². The Morgan fingerprint density at radius 1 is 1.03 bits per heavy atom. The number of hydrogen-bond donors (Lipinski definition) is 0. The predicted molar refractivity (Wildman–Crippen MR) is 130 cm³/mol. The molecule has 5 nitrogen and oxygen atoms in total. The third-order valence-corrected chi connectivity index (χ3v) is 7.73. The maximum Gasteiger partial charge on any atom is 0.254 e. The second kappa shape index (κ2) is 10.3. The lowest BCUT2D eigenvalue weighted by atomic mass is 9.94. The lowest BCUT2D eigenvalue weighted by Crippen LogP contribution is -2.46. The van der Waals surface area contributed by atoms with Crippen molar-refractivity contribution in [2.75, 3.05) is 39.9 Å². The molecule has 2 fully saturated rings. The van der Waals surface area contributed by atoms with Crippen LogP contribution >= 0.6 is 0 Å². The lowest BCUT2D eigenvalue weighted by molar-refractivity contribution is 0.0430. The number of carbonyl (C=O) groups excluding carboxylic acids is 1. The van der Waals surface area contributed by atoms with Gasteiger partial charge in [0.25, 0.3) is 5.91 Å². The molecule has 1 amide bonds. The Balaban J connectivity index is 1.20. The molecule has 5 heteroatoms. The van der Waals surface area contributed by atoms with Crippen LogP contribution in [-0.2, 0) is 17.6 Å². The van der Waals surface area contributed by atoms with Crippen LogP contribution in [0, 0.1) is 5.92 Å². The number of amides is 1. The number of rotatable bonds is 7. The highest BCUT2D eigenvalue weighted by molar-refractivity contribution is 5.94. The summed E-state index contributed by atoms with van der Waals surface area (Å²) in [5.41, 5.74) is 3.75. The number of carbonyl (C=O) groups is 1. The summed E-state index contributed by atoms with van der Waals surface area (Å²) in [6.45, 7) is 4.58. The first-order valence-electron chi connectivity index (χ1n) is 12.6. The molecule has 1 atom stereocenters. The van der Waals surface area contributed by atoms with Crippen molar-refractivity contribution in [3.8, 4) is 5.75 Å². The summed E-state index contributed by atoms with van der Waals surface area (Å²) in [5.74, 6) is 1.36. The number of benzene rings is 2. The highest BCUT2D eigenvalue weighted by Crippen LogP contribution is 2.29. The predicted octanol–water partition coefficient (Wildman–Crippen LogP) is 4.20. The van der Waals surface area contributed by atoms with E-state index in [1.165, 1.54) is 24.0 Å². The molecule has 0 saturated carbocycles. The SMILES string of the molecule is COc1cccc(C(=O)N(CC2CCN(C3Cc4ccccc4C3)CC2)CC2CCCO2)c1. The van der Waals surface area contributed by atoms with Crippen molar-refractivity contribution in [1.82, 2.24) is 9.80 Å². The lowest BCUT2D eigenvalue weighted by Gasteiger charge is -2.38. The highest BCUT2D eigenvalue weighted by Gasteiger charge is 2.32. The highest BCUT2D eigenvalue weighted by atomic mass is 16.5. The molecule has 0 aromatic heterocycles. The molecule has 0 radical (unpaired) electrons. The van der Waals surface area contributed by atoms with Crippen LogP contribution in [-0.4, -0.2) is 67.7 Å². The van der Waals surface area contributed by atoms with E-state index in [-0.39, 0.29) is 12.0 Å². The molecule has 2 saturated heterocycles. The molecule has 5 rings (SSSR count). The summed E-state index contributed by atoms with van der Waals surface area (Å²) >= 11 is 0. The number of fused-ring (bicyclic) bond motifs is 1. The molecular weight excluding hydrogens is 412 g/mol. The minimum absolute atomic E-state index is 0.0954. The summed E-state index contributed by atoms with van der Waals surface area (Å²) in [5, 5.41) is 0. The summed E-state index contributed by atoms with van der Waals surface area (Å²) in [6, 6.07) is 17.1. The first-order valence-corrected chi connectivity index (χ1v) is 12.6. The third-order valence-electron chi connectivity index (χ3n) is 7.73. The second-order valence-electron chi connectivity index (χ2n) is 9.89. The Morgan fingerprint density at radius 2 is 1.79 bits per heavy atom. The average molecular weight is 449 g/mol. The number of nitrogens with zero attached hydrogens (tertiary/aromatic N) is 2. The summed E-state index contributed by atoms with van der Waals surface area (Å²) in [6.07, 6.45) is 6.97. The Morgan fingerprint density at radius 3 is 2.45 bits per heavy atom. The zero-order valence-corrected chi connectivity index (χ0v) is 19.7. The van der Waals surface area contributed by atoms with Crippen molar-refractivity contribution in [2.45, 2.75) is 50.7 Å². The third kappa shape index (κ3) is 5.25. The number of hydrogen-bond acceptors (Lipinski definition) is 4. The minimum Gasteiger partial charge on any atom is -0.497 e. The first-order chi connectivity index (χ1) is 16.2. The molecule has 1 aliphatic carbocycles. The number of ether oxygens (including phenoxy) is 2.